The Labute approximate surface area is 96.1 Å². The SMILES string of the molecule is O=C(Nc1c(F)cccc1F)c1ccccn1. The summed E-state index contributed by atoms with van der Waals surface area (Å²) >= 11 is 0. The zero-order chi connectivity index (χ0) is 12.3. The van der Waals surface area contributed by atoms with Gasteiger partial charge in [-0.25, -0.2) is 8.78 Å². The lowest BCUT2D eigenvalue weighted by molar-refractivity contribution is 0.102. The summed E-state index contributed by atoms with van der Waals surface area (Å²) < 4.78 is 26.5. The minimum Gasteiger partial charge on any atom is -0.316 e. The van der Waals surface area contributed by atoms with Gasteiger partial charge in [0.1, 0.15) is 23.0 Å². The first-order chi connectivity index (χ1) is 8.18. The average molecular weight is 234 g/mol. The molecule has 2 aromatic rings. The molecular weight excluding hydrogens is 226 g/mol. The van der Waals surface area contributed by atoms with E-state index in [1.807, 2.05) is 0 Å². The van der Waals surface area contributed by atoms with Crippen LogP contribution in [-0.2, 0) is 0 Å². The van der Waals surface area contributed by atoms with Crippen LogP contribution in [0.5, 0.6) is 0 Å². The Balaban J connectivity index is 2.25. The topological polar surface area (TPSA) is 42.0 Å². The second kappa shape index (κ2) is 4.69. The molecule has 17 heavy (non-hydrogen) atoms. The molecule has 0 spiro atoms. The van der Waals surface area contributed by atoms with Gasteiger partial charge in [-0.3, -0.25) is 9.78 Å². The van der Waals surface area contributed by atoms with Crippen molar-refractivity contribution in [1.82, 2.24) is 4.98 Å². The molecule has 1 amide bonds. The van der Waals surface area contributed by atoms with Crippen molar-refractivity contribution in [2.75, 3.05) is 5.32 Å². The van der Waals surface area contributed by atoms with Crippen molar-refractivity contribution < 1.29 is 13.6 Å². The molecule has 0 aliphatic heterocycles. The molecule has 0 aliphatic rings. The summed E-state index contributed by atoms with van der Waals surface area (Å²) in [6.07, 6.45) is 1.42. The Morgan fingerprint density at radius 2 is 1.76 bits per heavy atom. The maximum absolute atomic E-state index is 13.3. The summed E-state index contributed by atoms with van der Waals surface area (Å²) in [4.78, 5) is 15.4. The summed E-state index contributed by atoms with van der Waals surface area (Å²) in [6, 6.07) is 8.06. The molecule has 86 valence electrons. The van der Waals surface area contributed by atoms with Crippen LogP contribution in [0.1, 0.15) is 10.5 Å². The highest BCUT2D eigenvalue weighted by atomic mass is 19.1. The van der Waals surface area contributed by atoms with Gasteiger partial charge in [-0.15, -0.1) is 0 Å². The molecular formula is C12H8F2N2O. The summed E-state index contributed by atoms with van der Waals surface area (Å²) in [7, 11) is 0. The van der Waals surface area contributed by atoms with E-state index in [1.54, 1.807) is 12.1 Å². The number of para-hydroxylation sites is 1. The number of rotatable bonds is 2. The van der Waals surface area contributed by atoms with Crippen molar-refractivity contribution in [3.63, 3.8) is 0 Å². The van der Waals surface area contributed by atoms with E-state index in [1.165, 1.54) is 18.3 Å². The molecule has 0 saturated carbocycles. The van der Waals surface area contributed by atoms with E-state index in [0.29, 0.717) is 0 Å². The molecule has 0 bridgehead atoms. The summed E-state index contributed by atoms with van der Waals surface area (Å²) in [5.74, 6) is -2.31. The van der Waals surface area contributed by atoms with Crippen molar-refractivity contribution in [2.24, 2.45) is 0 Å². The molecule has 0 radical (unpaired) electrons. The largest absolute Gasteiger partial charge is 0.316 e. The van der Waals surface area contributed by atoms with E-state index in [4.69, 9.17) is 0 Å². The molecule has 5 heteroatoms. The zero-order valence-electron chi connectivity index (χ0n) is 8.65. The highest BCUT2D eigenvalue weighted by Crippen LogP contribution is 2.18. The van der Waals surface area contributed by atoms with Crippen molar-refractivity contribution in [3.05, 3.63) is 59.9 Å². The molecule has 1 aromatic carbocycles. The van der Waals surface area contributed by atoms with Crippen LogP contribution < -0.4 is 5.32 Å². The zero-order valence-corrected chi connectivity index (χ0v) is 8.65. The van der Waals surface area contributed by atoms with Gasteiger partial charge in [-0.05, 0) is 24.3 Å². The Kier molecular flexibility index (Phi) is 3.09. The molecule has 1 aromatic heterocycles. The van der Waals surface area contributed by atoms with E-state index >= 15 is 0 Å². The second-order valence-electron chi connectivity index (χ2n) is 3.27. The lowest BCUT2D eigenvalue weighted by Gasteiger charge is -2.06. The van der Waals surface area contributed by atoms with E-state index in [0.717, 1.165) is 12.1 Å². The van der Waals surface area contributed by atoms with E-state index in [2.05, 4.69) is 10.3 Å². The number of anilines is 1. The fourth-order valence-electron chi connectivity index (χ4n) is 1.29. The van der Waals surface area contributed by atoms with Crippen LogP contribution in [0.2, 0.25) is 0 Å². The standard InChI is InChI=1S/C12H8F2N2O/c13-8-4-3-5-9(14)11(8)16-12(17)10-6-1-2-7-15-10/h1-7H,(H,16,17). The van der Waals surface area contributed by atoms with Crippen molar-refractivity contribution in [3.8, 4) is 0 Å². The van der Waals surface area contributed by atoms with Gasteiger partial charge in [0.05, 0.1) is 0 Å². The maximum Gasteiger partial charge on any atom is 0.274 e. The van der Waals surface area contributed by atoms with Gasteiger partial charge < -0.3 is 5.32 Å². The number of pyridine rings is 1. The average Bonchev–Trinajstić information content (AvgIpc) is 2.35. The minimum atomic E-state index is -0.825. The molecule has 0 fully saturated rings. The third-order valence-corrected chi connectivity index (χ3v) is 2.10. The molecule has 0 saturated heterocycles. The van der Waals surface area contributed by atoms with Gasteiger partial charge in [-0.2, -0.15) is 0 Å². The van der Waals surface area contributed by atoms with Gasteiger partial charge in [0.15, 0.2) is 0 Å². The van der Waals surface area contributed by atoms with Crippen LogP contribution >= 0.6 is 0 Å². The minimum absolute atomic E-state index is 0.0927. The molecule has 1 N–H and O–H groups in total. The number of nitrogens with one attached hydrogen (secondary N) is 1. The number of hydrogen-bond donors (Lipinski definition) is 1. The highest BCUT2D eigenvalue weighted by molar-refractivity contribution is 6.02. The number of benzene rings is 1. The monoisotopic (exact) mass is 234 g/mol. The number of amides is 1. The number of halogens is 2. The van der Waals surface area contributed by atoms with Gasteiger partial charge >= 0.3 is 0 Å². The first-order valence-corrected chi connectivity index (χ1v) is 4.85. The molecule has 0 atom stereocenters. The van der Waals surface area contributed by atoms with Crippen LogP contribution in [0.25, 0.3) is 0 Å². The van der Waals surface area contributed by atoms with Gasteiger partial charge in [0.25, 0.3) is 5.91 Å². The highest BCUT2D eigenvalue weighted by Gasteiger charge is 2.13. The third kappa shape index (κ3) is 2.44. The third-order valence-electron chi connectivity index (χ3n) is 2.10. The second-order valence-corrected chi connectivity index (χ2v) is 3.27. The number of hydrogen-bond acceptors (Lipinski definition) is 2. The maximum atomic E-state index is 13.3. The van der Waals surface area contributed by atoms with Crippen LogP contribution in [0.4, 0.5) is 14.5 Å². The number of nitrogens with zero attached hydrogens (tertiary/aromatic N) is 1. The normalized spacial score (nSPS) is 10.0. The molecule has 1 heterocycles. The van der Waals surface area contributed by atoms with Gasteiger partial charge in [0, 0.05) is 6.20 Å². The lowest BCUT2D eigenvalue weighted by atomic mass is 10.2. The molecule has 0 unspecified atom stereocenters. The fraction of sp³-hybridized carbons (Fsp3) is 0. The first-order valence-electron chi connectivity index (χ1n) is 4.85. The predicted octanol–water partition coefficient (Wildman–Crippen LogP) is 2.61. The van der Waals surface area contributed by atoms with Crippen LogP contribution in [0.15, 0.2) is 42.6 Å². The van der Waals surface area contributed by atoms with Crippen molar-refractivity contribution in [1.29, 1.82) is 0 Å². The summed E-state index contributed by atoms with van der Waals surface area (Å²) in [5, 5.41) is 2.14. The molecule has 0 aliphatic carbocycles. The van der Waals surface area contributed by atoms with Crippen LogP contribution in [-0.4, -0.2) is 10.9 Å². The van der Waals surface area contributed by atoms with E-state index < -0.39 is 23.2 Å². The number of aromatic nitrogens is 1. The number of carbonyl (C=O) groups excluding carboxylic acids is 1. The molecule has 3 nitrogen and oxygen atoms in total. The first kappa shape index (κ1) is 11.2. The van der Waals surface area contributed by atoms with Crippen molar-refractivity contribution >= 4 is 11.6 Å². The van der Waals surface area contributed by atoms with E-state index in [9.17, 15) is 13.6 Å². The number of carbonyl (C=O) groups is 1. The van der Waals surface area contributed by atoms with Gasteiger partial charge in [0.2, 0.25) is 0 Å². The van der Waals surface area contributed by atoms with E-state index in [-0.39, 0.29) is 5.69 Å². The Morgan fingerprint density at radius 1 is 1.06 bits per heavy atom. The van der Waals surface area contributed by atoms with Crippen molar-refractivity contribution in [2.45, 2.75) is 0 Å². The van der Waals surface area contributed by atoms with Crippen LogP contribution in [0, 0.1) is 11.6 Å². The Morgan fingerprint density at radius 3 is 2.35 bits per heavy atom. The van der Waals surface area contributed by atoms with Gasteiger partial charge in [-0.1, -0.05) is 12.1 Å². The lowest BCUT2D eigenvalue weighted by Crippen LogP contribution is -2.15. The Hall–Kier alpha value is -2.30. The summed E-state index contributed by atoms with van der Waals surface area (Å²) in [5.41, 5.74) is -0.377. The summed E-state index contributed by atoms with van der Waals surface area (Å²) in [6.45, 7) is 0. The quantitative estimate of drug-likeness (QED) is 0.867. The van der Waals surface area contributed by atoms with Crippen LogP contribution in [0.3, 0.4) is 0 Å². The Bertz CT molecular complexity index is 523. The fourth-order valence-corrected chi connectivity index (χ4v) is 1.29. The smallest absolute Gasteiger partial charge is 0.274 e. The predicted molar refractivity (Wildman–Crippen MR) is 58.5 cm³/mol. The molecule has 2 rings (SSSR count).